The Morgan fingerprint density at radius 2 is 2.18 bits per heavy atom. The van der Waals surface area contributed by atoms with Gasteiger partial charge in [0.25, 0.3) is 5.91 Å². The molecule has 0 unspecified atom stereocenters. The van der Waals surface area contributed by atoms with Gasteiger partial charge in [-0.15, -0.1) is 5.10 Å². The molecule has 1 amide bonds. The average molecular weight is 327 g/mol. The van der Waals surface area contributed by atoms with Crippen LogP contribution in [-0.4, -0.2) is 33.5 Å². The number of rotatable bonds is 2. The smallest absolute Gasteiger partial charge is 0.337 e. The van der Waals surface area contributed by atoms with Gasteiger partial charge < -0.3 is 4.90 Å². The standard InChI is InChI=1S/C14H12F3N3OS/c15-14(16,17)11-3-1-2-9(6-11)10-4-5-20(8-10)13(21)12-7-18-19-22-12/h1-3,6-7,10H,4-5,8H2/t10-/m1/s1. The van der Waals surface area contributed by atoms with Crippen LogP contribution in [0.25, 0.3) is 0 Å². The molecule has 8 heteroatoms. The molecule has 1 aliphatic heterocycles. The molecule has 1 aliphatic rings. The minimum absolute atomic E-state index is 0.0767. The first kappa shape index (κ1) is 15.0. The van der Waals surface area contributed by atoms with Gasteiger partial charge in [-0.2, -0.15) is 13.2 Å². The Balaban J connectivity index is 1.74. The monoisotopic (exact) mass is 327 g/mol. The molecule has 0 aliphatic carbocycles. The van der Waals surface area contributed by atoms with Crippen molar-refractivity contribution >= 4 is 17.4 Å². The van der Waals surface area contributed by atoms with Gasteiger partial charge in [0.1, 0.15) is 4.88 Å². The van der Waals surface area contributed by atoms with Gasteiger partial charge in [0.05, 0.1) is 11.8 Å². The second-order valence-electron chi connectivity index (χ2n) is 5.14. The predicted molar refractivity (Wildman–Crippen MR) is 74.6 cm³/mol. The van der Waals surface area contributed by atoms with Crippen LogP contribution < -0.4 is 0 Å². The Labute approximate surface area is 128 Å². The van der Waals surface area contributed by atoms with Crippen molar-refractivity contribution in [1.82, 2.24) is 14.5 Å². The van der Waals surface area contributed by atoms with E-state index < -0.39 is 11.7 Å². The summed E-state index contributed by atoms with van der Waals surface area (Å²) in [4.78, 5) is 14.3. The molecule has 0 saturated carbocycles. The first-order chi connectivity index (χ1) is 10.4. The second-order valence-corrected chi connectivity index (χ2v) is 5.93. The maximum Gasteiger partial charge on any atom is 0.416 e. The van der Waals surface area contributed by atoms with Crippen LogP contribution in [0, 0.1) is 0 Å². The Kier molecular flexibility index (Phi) is 3.86. The third-order valence-electron chi connectivity index (χ3n) is 3.73. The van der Waals surface area contributed by atoms with E-state index in [4.69, 9.17) is 0 Å². The molecule has 1 saturated heterocycles. The lowest BCUT2D eigenvalue weighted by atomic mass is 9.96. The molecular weight excluding hydrogens is 315 g/mol. The van der Waals surface area contributed by atoms with Crippen molar-refractivity contribution in [3.05, 3.63) is 46.5 Å². The molecule has 2 heterocycles. The summed E-state index contributed by atoms with van der Waals surface area (Å²) in [7, 11) is 0. The number of halogens is 3. The Bertz CT molecular complexity index is 672. The maximum atomic E-state index is 12.8. The van der Waals surface area contributed by atoms with E-state index in [9.17, 15) is 18.0 Å². The molecule has 1 aromatic carbocycles. The second kappa shape index (κ2) is 5.68. The lowest BCUT2D eigenvalue weighted by molar-refractivity contribution is -0.137. The number of hydrogen-bond acceptors (Lipinski definition) is 4. The molecule has 0 N–H and O–H groups in total. The highest BCUT2D eigenvalue weighted by Crippen LogP contribution is 2.34. The molecule has 1 atom stereocenters. The Morgan fingerprint density at radius 1 is 1.36 bits per heavy atom. The molecular formula is C14H12F3N3OS. The number of aromatic nitrogens is 2. The Hall–Kier alpha value is -1.96. The van der Waals surface area contributed by atoms with Crippen molar-refractivity contribution in [2.24, 2.45) is 0 Å². The summed E-state index contributed by atoms with van der Waals surface area (Å²) in [6.07, 6.45) is -2.29. The van der Waals surface area contributed by atoms with Crippen LogP contribution in [0.1, 0.15) is 33.1 Å². The Morgan fingerprint density at radius 3 is 2.86 bits per heavy atom. The van der Waals surface area contributed by atoms with Crippen LogP contribution in [0.3, 0.4) is 0 Å². The molecule has 116 valence electrons. The van der Waals surface area contributed by atoms with Crippen molar-refractivity contribution < 1.29 is 18.0 Å². The average Bonchev–Trinajstić information content (AvgIpc) is 3.17. The van der Waals surface area contributed by atoms with E-state index in [-0.39, 0.29) is 11.8 Å². The maximum absolute atomic E-state index is 12.8. The minimum Gasteiger partial charge on any atom is -0.337 e. The molecule has 3 rings (SSSR count). The third-order valence-corrected chi connectivity index (χ3v) is 4.39. The minimum atomic E-state index is -4.35. The van der Waals surface area contributed by atoms with Gasteiger partial charge in [-0.05, 0) is 29.6 Å². The molecule has 0 radical (unpaired) electrons. The highest BCUT2D eigenvalue weighted by molar-refractivity contribution is 7.07. The van der Waals surface area contributed by atoms with Crippen molar-refractivity contribution in [2.45, 2.75) is 18.5 Å². The number of alkyl halides is 3. The summed E-state index contributed by atoms with van der Waals surface area (Å²) in [6.45, 7) is 0.940. The van der Waals surface area contributed by atoms with Gasteiger partial charge in [-0.1, -0.05) is 22.7 Å². The first-order valence-electron chi connectivity index (χ1n) is 6.69. The topological polar surface area (TPSA) is 46.1 Å². The predicted octanol–water partition coefficient (Wildman–Crippen LogP) is 3.19. The highest BCUT2D eigenvalue weighted by atomic mass is 32.1. The molecule has 22 heavy (non-hydrogen) atoms. The van der Waals surface area contributed by atoms with Crippen LogP contribution in [-0.2, 0) is 6.18 Å². The molecule has 4 nitrogen and oxygen atoms in total. The van der Waals surface area contributed by atoms with Crippen LogP contribution in [0.4, 0.5) is 13.2 Å². The lowest BCUT2D eigenvalue weighted by Crippen LogP contribution is -2.27. The fraction of sp³-hybridized carbons (Fsp3) is 0.357. The largest absolute Gasteiger partial charge is 0.416 e. The van der Waals surface area contributed by atoms with Crippen LogP contribution >= 0.6 is 11.5 Å². The molecule has 1 fully saturated rings. The van der Waals surface area contributed by atoms with E-state index in [1.54, 1.807) is 11.0 Å². The van der Waals surface area contributed by atoms with Crippen molar-refractivity contribution in [3.8, 4) is 0 Å². The number of hydrogen-bond donors (Lipinski definition) is 0. The van der Waals surface area contributed by atoms with Crippen LogP contribution in [0.5, 0.6) is 0 Å². The van der Waals surface area contributed by atoms with Gasteiger partial charge in [0, 0.05) is 19.0 Å². The van der Waals surface area contributed by atoms with Gasteiger partial charge >= 0.3 is 6.18 Å². The summed E-state index contributed by atoms with van der Waals surface area (Å²) in [5.41, 5.74) is -0.0333. The lowest BCUT2D eigenvalue weighted by Gasteiger charge is -2.16. The number of benzene rings is 1. The summed E-state index contributed by atoms with van der Waals surface area (Å²) < 4.78 is 42.0. The number of carbonyl (C=O) groups is 1. The summed E-state index contributed by atoms with van der Waals surface area (Å²) in [5.74, 6) is -0.239. The van der Waals surface area contributed by atoms with E-state index in [0.717, 1.165) is 17.6 Å². The molecule has 1 aromatic heterocycles. The van der Waals surface area contributed by atoms with E-state index in [2.05, 4.69) is 9.59 Å². The summed E-state index contributed by atoms with van der Waals surface area (Å²) >= 11 is 1.02. The van der Waals surface area contributed by atoms with Crippen molar-refractivity contribution in [2.75, 3.05) is 13.1 Å². The molecule has 0 bridgehead atoms. The normalized spacial score (nSPS) is 18.7. The highest BCUT2D eigenvalue weighted by Gasteiger charge is 2.33. The molecule has 0 spiro atoms. The third kappa shape index (κ3) is 2.96. The summed E-state index contributed by atoms with van der Waals surface area (Å²) in [5, 5.41) is 3.63. The SMILES string of the molecule is O=C(c1cnns1)N1CC[C@@H](c2cccc(C(F)(F)F)c2)C1. The number of amides is 1. The number of nitrogens with zero attached hydrogens (tertiary/aromatic N) is 3. The van der Waals surface area contributed by atoms with Gasteiger partial charge in [-0.3, -0.25) is 4.79 Å². The van der Waals surface area contributed by atoms with Crippen LogP contribution in [0.2, 0.25) is 0 Å². The van der Waals surface area contributed by atoms with Crippen molar-refractivity contribution in [1.29, 1.82) is 0 Å². The van der Waals surface area contributed by atoms with E-state index in [1.165, 1.54) is 18.3 Å². The number of likely N-dealkylation sites (tertiary alicyclic amines) is 1. The zero-order chi connectivity index (χ0) is 15.7. The van der Waals surface area contributed by atoms with E-state index >= 15 is 0 Å². The van der Waals surface area contributed by atoms with Crippen LogP contribution in [0.15, 0.2) is 30.5 Å². The van der Waals surface area contributed by atoms with Gasteiger partial charge in [-0.25, -0.2) is 0 Å². The number of carbonyl (C=O) groups excluding carboxylic acids is 1. The van der Waals surface area contributed by atoms with E-state index in [1.807, 2.05) is 0 Å². The quantitative estimate of drug-likeness (QED) is 0.851. The first-order valence-corrected chi connectivity index (χ1v) is 7.46. The molecule has 2 aromatic rings. The summed E-state index contributed by atoms with van der Waals surface area (Å²) in [6, 6.07) is 5.33. The zero-order valence-electron chi connectivity index (χ0n) is 11.4. The van der Waals surface area contributed by atoms with Crippen molar-refractivity contribution in [3.63, 3.8) is 0 Å². The van der Waals surface area contributed by atoms with E-state index in [0.29, 0.717) is 30.0 Å². The fourth-order valence-electron chi connectivity index (χ4n) is 2.60. The zero-order valence-corrected chi connectivity index (χ0v) is 12.2. The van der Waals surface area contributed by atoms with Gasteiger partial charge in [0.15, 0.2) is 0 Å². The van der Waals surface area contributed by atoms with Gasteiger partial charge in [0.2, 0.25) is 0 Å². The fourth-order valence-corrected chi connectivity index (χ4v) is 3.09.